The molecular formula is C20H15N5O3S. The smallest absolute Gasteiger partial charge is 0.282 e. The predicted octanol–water partition coefficient (Wildman–Crippen LogP) is 5.14. The van der Waals surface area contributed by atoms with Gasteiger partial charge in [0.1, 0.15) is 5.56 Å². The standard InChI is InChI=1S/C20H15N5O3S/c26-19(17-8-4-5-9-18(17)25(27)28)22-20(29)21-14-10-12-16(13-11-14)24-23-15-6-2-1-3-7-15/h1-13H,(H2,21,22,26,29). The highest BCUT2D eigenvalue weighted by molar-refractivity contribution is 7.80. The fourth-order valence-corrected chi connectivity index (χ4v) is 2.59. The van der Waals surface area contributed by atoms with Crippen molar-refractivity contribution in [3.63, 3.8) is 0 Å². The Morgan fingerprint density at radius 2 is 1.45 bits per heavy atom. The van der Waals surface area contributed by atoms with Gasteiger partial charge in [0.05, 0.1) is 16.3 Å². The Morgan fingerprint density at radius 1 is 0.862 bits per heavy atom. The van der Waals surface area contributed by atoms with E-state index in [1.165, 1.54) is 18.2 Å². The fraction of sp³-hybridized carbons (Fsp3) is 0. The Morgan fingerprint density at radius 3 is 2.10 bits per heavy atom. The molecule has 3 aromatic carbocycles. The van der Waals surface area contributed by atoms with E-state index >= 15 is 0 Å². The van der Waals surface area contributed by atoms with Crippen molar-refractivity contribution < 1.29 is 9.72 Å². The van der Waals surface area contributed by atoms with Crippen molar-refractivity contribution in [3.05, 3.63) is 94.5 Å². The molecule has 0 radical (unpaired) electrons. The first kappa shape index (κ1) is 19.8. The van der Waals surface area contributed by atoms with Crippen LogP contribution in [0.5, 0.6) is 0 Å². The van der Waals surface area contributed by atoms with Crippen molar-refractivity contribution >= 4 is 46.0 Å². The molecule has 3 aromatic rings. The number of benzene rings is 3. The van der Waals surface area contributed by atoms with Gasteiger partial charge in [-0.1, -0.05) is 30.3 Å². The minimum atomic E-state index is -0.664. The van der Waals surface area contributed by atoms with Crippen LogP contribution in [0.2, 0.25) is 0 Å². The van der Waals surface area contributed by atoms with E-state index in [0.717, 1.165) is 5.69 Å². The first-order valence-corrected chi connectivity index (χ1v) is 8.86. The summed E-state index contributed by atoms with van der Waals surface area (Å²) in [6.45, 7) is 0. The highest BCUT2D eigenvalue weighted by Gasteiger charge is 2.19. The fourth-order valence-electron chi connectivity index (χ4n) is 2.38. The van der Waals surface area contributed by atoms with Gasteiger partial charge in [-0.15, -0.1) is 0 Å². The summed E-state index contributed by atoms with van der Waals surface area (Å²) in [5.41, 5.74) is 1.65. The molecule has 0 saturated carbocycles. The molecule has 3 rings (SSSR count). The number of amides is 1. The second-order valence-corrected chi connectivity index (χ2v) is 6.17. The zero-order valence-electron chi connectivity index (χ0n) is 15.0. The molecule has 0 spiro atoms. The number of nitrogens with one attached hydrogen (secondary N) is 2. The van der Waals surface area contributed by atoms with Gasteiger partial charge in [0, 0.05) is 11.8 Å². The van der Waals surface area contributed by atoms with Crippen LogP contribution in [-0.2, 0) is 0 Å². The van der Waals surface area contributed by atoms with E-state index in [-0.39, 0.29) is 16.4 Å². The van der Waals surface area contributed by atoms with Crippen molar-refractivity contribution in [2.75, 3.05) is 5.32 Å². The predicted molar refractivity (Wildman–Crippen MR) is 114 cm³/mol. The summed E-state index contributed by atoms with van der Waals surface area (Å²) in [6.07, 6.45) is 0. The molecule has 0 aliphatic rings. The van der Waals surface area contributed by atoms with Crippen molar-refractivity contribution in [2.24, 2.45) is 10.2 Å². The van der Waals surface area contributed by atoms with Crippen LogP contribution in [0.25, 0.3) is 0 Å². The van der Waals surface area contributed by atoms with E-state index in [1.54, 1.807) is 30.3 Å². The van der Waals surface area contributed by atoms with E-state index < -0.39 is 10.8 Å². The third kappa shape index (κ3) is 5.50. The number of para-hydroxylation sites is 1. The number of thiocarbonyl (C=S) groups is 1. The van der Waals surface area contributed by atoms with Crippen molar-refractivity contribution in [1.29, 1.82) is 0 Å². The Labute approximate surface area is 171 Å². The molecule has 8 nitrogen and oxygen atoms in total. The van der Waals surface area contributed by atoms with Gasteiger partial charge in [-0.05, 0) is 54.7 Å². The van der Waals surface area contributed by atoms with Crippen molar-refractivity contribution in [3.8, 4) is 0 Å². The lowest BCUT2D eigenvalue weighted by atomic mass is 10.1. The molecule has 9 heteroatoms. The highest BCUT2D eigenvalue weighted by atomic mass is 32.1. The quantitative estimate of drug-likeness (QED) is 0.264. The summed E-state index contributed by atoms with van der Waals surface area (Å²) in [5, 5.41) is 24.6. The number of hydrogen-bond donors (Lipinski definition) is 2. The van der Waals surface area contributed by atoms with Gasteiger partial charge in [0.15, 0.2) is 5.11 Å². The first-order valence-electron chi connectivity index (χ1n) is 8.45. The summed E-state index contributed by atoms with van der Waals surface area (Å²) < 4.78 is 0. The van der Waals surface area contributed by atoms with Gasteiger partial charge < -0.3 is 5.32 Å². The SMILES string of the molecule is O=C(NC(=S)Nc1ccc(N=Nc2ccccc2)cc1)c1ccccc1[N+](=O)[O-]. The molecule has 0 heterocycles. The van der Waals surface area contributed by atoms with Crippen LogP contribution in [0.4, 0.5) is 22.7 Å². The second kappa shape index (κ2) is 9.29. The summed E-state index contributed by atoms with van der Waals surface area (Å²) in [4.78, 5) is 22.7. The summed E-state index contributed by atoms with van der Waals surface area (Å²) >= 11 is 5.11. The topological polar surface area (TPSA) is 109 Å². The molecule has 0 fully saturated rings. The lowest BCUT2D eigenvalue weighted by Gasteiger charge is -2.09. The second-order valence-electron chi connectivity index (χ2n) is 5.76. The molecule has 29 heavy (non-hydrogen) atoms. The number of carbonyl (C=O) groups excluding carboxylic acids is 1. The largest absolute Gasteiger partial charge is 0.332 e. The zero-order chi connectivity index (χ0) is 20.6. The van der Waals surface area contributed by atoms with E-state index in [1.807, 2.05) is 30.3 Å². The van der Waals surface area contributed by atoms with E-state index in [2.05, 4.69) is 20.9 Å². The maximum atomic E-state index is 12.3. The molecule has 0 aromatic heterocycles. The number of nitro benzene ring substituents is 1. The minimum absolute atomic E-state index is 0.0202. The normalized spacial score (nSPS) is 10.5. The molecule has 0 atom stereocenters. The number of anilines is 1. The first-order chi connectivity index (χ1) is 14.0. The number of hydrogen-bond acceptors (Lipinski definition) is 6. The van der Waals surface area contributed by atoms with Gasteiger partial charge in [-0.25, -0.2) is 0 Å². The van der Waals surface area contributed by atoms with Gasteiger partial charge in [0.2, 0.25) is 0 Å². The number of nitrogens with zero attached hydrogens (tertiary/aromatic N) is 3. The summed E-state index contributed by atoms with van der Waals surface area (Å²) in [5.74, 6) is -0.664. The zero-order valence-corrected chi connectivity index (χ0v) is 15.8. The molecule has 144 valence electrons. The molecule has 0 aliphatic heterocycles. The van der Waals surface area contributed by atoms with Gasteiger partial charge in [0.25, 0.3) is 11.6 Å². The van der Waals surface area contributed by atoms with Crippen molar-refractivity contribution in [2.45, 2.75) is 0 Å². The minimum Gasteiger partial charge on any atom is -0.332 e. The van der Waals surface area contributed by atoms with Crippen LogP contribution < -0.4 is 10.6 Å². The molecule has 0 aliphatic carbocycles. The van der Waals surface area contributed by atoms with Crippen LogP contribution in [-0.4, -0.2) is 15.9 Å². The van der Waals surface area contributed by atoms with E-state index in [9.17, 15) is 14.9 Å². The molecule has 0 unspecified atom stereocenters. The van der Waals surface area contributed by atoms with E-state index in [4.69, 9.17) is 12.2 Å². The summed E-state index contributed by atoms with van der Waals surface area (Å²) in [6, 6.07) is 21.9. The van der Waals surface area contributed by atoms with Gasteiger partial charge in [-0.2, -0.15) is 10.2 Å². The van der Waals surface area contributed by atoms with Crippen LogP contribution in [0, 0.1) is 10.1 Å². The average molecular weight is 405 g/mol. The number of nitro groups is 1. The van der Waals surface area contributed by atoms with E-state index in [0.29, 0.717) is 11.4 Å². The average Bonchev–Trinajstić information content (AvgIpc) is 2.74. The third-order valence-electron chi connectivity index (χ3n) is 3.73. The number of carbonyl (C=O) groups is 1. The number of azo groups is 1. The van der Waals surface area contributed by atoms with Crippen LogP contribution in [0.3, 0.4) is 0 Å². The van der Waals surface area contributed by atoms with Crippen LogP contribution in [0.15, 0.2) is 89.1 Å². The summed E-state index contributed by atoms with van der Waals surface area (Å²) in [7, 11) is 0. The monoisotopic (exact) mass is 405 g/mol. The molecule has 0 saturated heterocycles. The lowest BCUT2D eigenvalue weighted by Crippen LogP contribution is -2.34. The van der Waals surface area contributed by atoms with Crippen molar-refractivity contribution in [1.82, 2.24) is 5.32 Å². The Kier molecular flexibility index (Phi) is 6.33. The lowest BCUT2D eigenvalue weighted by molar-refractivity contribution is -0.385. The molecule has 2 N–H and O–H groups in total. The Hall–Kier alpha value is -3.98. The Balaban J connectivity index is 1.60. The van der Waals surface area contributed by atoms with Gasteiger partial charge >= 0.3 is 0 Å². The maximum absolute atomic E-state index is 12.3. The molecule has 1 amide bonds. The third-order valence-corrected chi connectivity index (χ3v) is 3.94. The number of rotatable bonds is 5. The highest BCUT2D eigenvalue weighted by Crippen LogP contribution is 2.20. The Bertz CT molecular complexity index is 1070. The maximum Gasteiger partial charge on any atom is 0.282 e. The van der Waals surface area contributed by atoms with Crippen LogP contribution in [0.1, 0.15) is 10.4 Å². The molecular weight excluding hydrogens is 390 g/mol. The molecule has 0 bridgehead atoms. The van der Waals surface area contributed by atoms with Gasteiger partial charge in [-0.3, -0.25) is 20.2 Å². The van der Waals surface area contributed by atoms with Crippen LogP contribution >= 0.6 is 12.2 Å².